The number of aromatic nitrogens is 1. The van der Waals surface area contributed by atoms with Gasteiger partial charge in [-0.25, -0.2) is 4.98 Å². The van der Waals surface area contributed by atoms with E-state index in [-0.39, 0.29) is 0 Å². The van der Waals surface area contributed by atoms with Crippen LogP contribution >= 0.6 is 11.3 Å². The third-order valence-corrected chi connectivity index (χ3v) is 5.50. The number of benzene rings is 2. The topological polar surface area (TPSA) is 43.4 Å². The quantitative estimate of drug-likeness (QED) is 0.533. The number of nitrogens with one attached hydrogen (secondary N) is 1. The van der Waals surface area contributed by atoms with E-state index in [1.54, 1.807) is 25.6 Å². The van der Waals surface area contributed by atoms with E-state index in [1.807, 2.05) is 18.2 Å². The van der Waals surface area contributed by atoms with Crippen molar-refractivity contribution < 1.29 is 9.47 Å². The Hall–Kier alpha value is -2.53. The third-order valence-electron chi connectivity index (χ3n) is 4.47. The lowest BCUT2D eigenvalue weighted by Gasteiger charge is -2.09. The first kappa shape index (κ1) is 19.2. The third kappa shape index (κ3) is 4.25. The van der Waals surface area contributed by atoms with E-state index in [4.69, 9.17) is 14.5 Å². The maximum absolute atomic E-state index is 5.46. The molecule has 0 atom stereocenters. The number of ether oxygens (including phenoxy) is 2. The summed E-state index contributed by atoms with van der Waals surface area (Å²) < 4.78 is 10.8. The molecule has 2 aromatic carbocycles. The number of rotatable bonds is 7. The minimum Gasteiger partial charge on any atom is -0.493 e. The molecule has 0 unspecified atom stereocenters. The highest BCUT2D eigenvalue weighted by Crippen LogP contribution is 2.38. The zero-order valence-electron chi connectivity index (χ0n) is 16.6. The van der Waals surface area contributed by atoms with E-state index >= 15 is 0 Å². The lowest BCUT2D eigenvalue weighted by atomic mass is 10.1. The van der Waals surface area contributed by atoms with Crippen molar-refractivity contribution in [3.05, 3.63) is 52.4 Å². The summed E-state index contributed by atoms with van der Waals surface area (Å²) in [5.74, 6) is 1.44. The molecule has 0 radical (unpaired) electrons. The van der Waals surface area contributed by atoms with Crippen molar-refractivity contribution in [3.8, 4) is 22.8 Å². The number of thiazole rings is 1. The van der Waals surface area contributed by atoms with Gasteiger partial charge in [0.05, 0.1) is 19.9 Å². The molecular weight excluding hydrogens is 356 g/mol. The molecular formula is C22H26N2O2S. The Morgan fingerprint density at radius 2 is 1.78 bits per heavy atom. The van der Waals surface area contributed by atoms with Crippen molar-refractivity contribution in [1.29, 1.82) is 0 Å². The van der Waals surface area contributed by atoms with Gasteiger partial charge in [0.15, 0.2) is 16.6 Å². The number of hydrogen-bond acceptors (Lipinski definition) is 5. The van der Waals surface area contributed by atoms with Gasteiger partial charge in [0.2, 0.25) is 0 Å². The summed E-state index contributed by atoms with van der Waals surface area (Å²) in [6.45, 7) is 6.40. The first-order valence-electron chi connectivity index (χ1n) is 9.12. The molecule has 0 saturated heterocycles. The maximum Gasteiger partial charge on any atom is 0.187 e. The standard InChI is InChI=1S/C22H26N2O2S/c1-6-7-20-21(16-10-11-18(25-4)19(13-16)26-5)24-22(27-20)23-17-12-14(2)8-9-15(17)3/h8-13H,6-7H2,1-5H3,(H,23,24). The molecule has 0 spiro atoms. The van der Waals surface area contributed by atoms with Gasteiger partial charge in [-0.2, -0.15) is 0 Å². The fourth-order valence-corrected chi connectivity index (χ4v) is 4.09. The van der Waals surface area contributed by atoms with Crippen molar-refractivity contribution in [2.24, 2.45) is 0 Å². The fraction of sp³-hybridized carbons (Fsp3) is 0.318. The van der Waals surface area contributed by atoms with Gasteiger partial charge >= 0.3 is 0 Å². The van der Waals surface area contributed by atoms with Gasteiger partial charge in [-0.3, -0.25) is 0 Å². The molecule has 27 heavy (non-hydrogen) atoms. The predicted octanol–water partition coefficient (Wildman–Crippen LogP) is 6.14. The highest BCUT2D eigenvalue weighted by molar-refractivity contribution is 7.16. The Morgan fingerprint density at radius 3 is 2.48 bits per heavy atom. The van der Waals surface area contributed by atoms with Gasteiger partial charge in [0, 0.05) is 16.1 Å². The minimum absolute atomic E-state index is 0.717. The molecule has 0 aliphatic rings. The lowest BCUT2D eigenvalue weighted by molar-refractivity contribution is 0.355. The van der Waals surface area contributed by atoms with E-state index in [1.165, 1.54) is 16.0 Å². The highest BCUT2D eigenvalue weighted by Gasteiger charge is 2.15. The van der Waals surface area contributed by atoms with E-state index < -0.39 is 0 Å². The number of nitrogens with zero attached hydrogens (tertiary/aromatic N) is 1. The van der Waals surface area contributed by atoms with E-state index in [0.717, 1.165) is 46.4 Å². The summed E-state index contributed by atoms with van der Waals surface area (Å²) in [6, 6.07) is 12.4. The van der Waals surface area contributed by atoms with Crippen LogP contribution in [0.25, 0.3) is 11.3 Å². The Bertz CT molecular complexity index is 934. The molecule has 0 amide bonds. The van der Waals surface area contributed by atoms with Crippen molar-refractivity contribution in [1.82, 2.24) is 4.98 Å². The summed E-state index contributed by atoms with van der Waals surface area (Å²) in [5.41, 5.74) is 5.59. The van der Waals surface area contributed by atoms with E-state index in [2.05, 4.69) is 44.3 Å². The van der Waals surface area contributed by atoms with Crippen LogP contribution in [-0.2, 0) is 6.42 Å². The van der Waals surface area contributed by atoms with Crippen LogP contribution in [0.3, 0.4) is 0 Å². The van der Waals surface area contributed by atoms with E-state index in [9.17, 15) is 0 Å². The summed E-state index contributed by atoms with van der Waals surface area (Å²) in [6.07, 6.45) is 2.07. The van der Waals surface area contributed by atoms with Crippen LogP contribution in [0.15, 0.2) is 36.4 Å². The van der Waals surface area contributed by atoms with Crippen molar-refractivity contribution in [2.75, 3.05) is 19.5 Å². The number of anilines is 2. The first-order valence-corrected chi connectivity index (χ1v) is 9.93. The van der Waals surface area contributed by atoms with Gasteiger partial charge < -0.3 is 14.8 Å². The van der Waals surface area contributed by atoms with Crippen LogP contribution in [-0.4, -0.2) is 19.2 Å². The van der Waals surface area contributed by atoms with Crippen LogP contribution in [0.2, 0.25) is 0 Å². The normalized spacial score (nSPS) is 10.7. The molecule has 0 bridgehead atoms. The van der Waals surface area contributed by atoms with Gasteiger partial charge in [-0.1, -0.05) is 25.5 Å². The molecule has 4 nitrogen and oxygen atoms in total. The van der Waals surface area contributed by atoms with Crippen LogP contribution < -0.4 is 14.8 Å². The fourth-order valence-electron chi connectivity index (χ4n) is 3.00. The number of methoxy groups -OCH3 is 2. The monoisotopic (exact) mass is 382 g/mol. The molecule has 0 aliphatic carbocycles. The second-order valence-corrected chi connectivity index (χ2v) is 7.64. The summed E-state index contributed by atoms with van der Waals surface area (Å²) in [5, 5.41) is 4.42. The number of aryl methyl sites for hydroxylation is 3. The van der Waals surface area contributed by atoms with Gasteiger partial charge in [0.1, 0.15) is 0 Å². The summed E-state index contributed by atoms with van der Waals surface area (Å²) in [7, 11) is 3.30. The zero-order chi connectivity index (χ0) is 19.4. The molecule has 0 fully saturated rings. The average molecular weight is 383 g/mol. The van der Waals surface area contributed by atoms with Crippen LogP contribution in [0.1, 0.15) is 29.3 Å². The second-order valence-electron chi connectivity index (χ2n) is 6.55. The largest absolute Gasteiger partial charge is 0.493 e. The van der Waals surface area contributed by atoms with Gasteiger partial charge in [-0.05, 0) is 55.7 Å². The smallest absolute Gasteiger partial charge is 0.187 e. The highest BCUT2D eigenvalue weighted by atomic mass is 32.1. The minimum atomic E-state index is 0.717. The molecule has 1 heterocycles. The van der Waals surface area contributed by atoms with Crippen LogP contribution in [0.4, 0.5) is 10.8 Å². The Labute approximate surface area is 165 Å². The van der Waals surface area contributed by atoms with E-state index in [0.29, 0.717) is 0 Å². The molecule has 3 aromatic rings. The average Bonchev–Trinajstić information content (AvgIpc) is 3.06. The second kappa shape index (κ2) is 8.44. The molecule has 1 N–H and O–H groups in total. The van der Waals surface area contributed by atoms with Crippen LogP contribution in [0, 0.1) is 13.8 Å². The lowest BCUT2D eigenvalue weighted by Crippen LogP contribution is -1.94. The molecule has 5 heteroatoms. The summed E-state index contributed by atoms with van der Waals surface area (Å²) >= 11 is 1.72. The van der Waals surface area contributed by atoms with Crippen molar-refractivity contribution >= 4 is 22.2 Å². The maximum atomic E-state index is 5.46. The summed E-state index contributed by atoms with van der Waals surface area (Å²) in [4.78, 5) is 6.18. The van der Waals surface area contributed by atoms with Crippen molar-refractivity contribution in [2.45, 2.75) is 33.6 Å². The van der Waals surface area contributed by atoms with Gasteiger partial charge in [-0.15, -0.1) is 11.3 Å². The molecule has 0 saturated carbocycles. The van der Waals surface area contributed by atoms with Gasteiger partial charge in [0.25, 0.3) is 0 Å². The molecule has 1 aromatic heterocycles. The SMILES string of the molecule is CCCc1sc(Nc2cc(C)ccc2C)nc1-c1ccc(OC)c(OC)c1. The molecule has 0 aliphatic heterocycles. The first-order chi connectivity index (χ1) is 13.0. The Kier molecular flexibility index (Phi) is 6.01. The predicted molar refractivity (Wildman–Crippen MR) is 114 cm³/mol. The zero-order valence-corrected chi connectivity index (χ0v) is 17.4. The molecule has 3 rings (SSSR count). The number of hydrogen-bond donors (Lipinski definition) is 1. The van der Waals surface area contributed by atoms with Crippen molar-refractivity contribution in [3.63, 3.8) is 0 Å². The Balaban J connectivity index is 1.99. The Morgan fingerprint density at radius 1 is 1.00 bits per heavy atom. The van der Waals surface area contributed by atoms with Crippen LogP contribution in [0.5, 0.6) is 11.5 Å². The molecule has 142 valence electrons.